The van der Waals surface area contributed by atoms with Gasteiger partial charge in [0.1, 0.15) is 5.75 Å². The van der Waals surface area contributed by atoms with E-state index in [2.05, 4.69) is 22.8 Å². The largest absolute Gasteiger partial charge is 0.483 e. The third kappa shape index (κ3) is 9.14. The second-order valence-corrected chi connectivity index (χ2v) is 7.69. The predicted octanol–water partition coefficient (Wildman–Crippen LogP) is 4.39. The Bertz CT molecular complexity index is 716. The summed E-state index contributed by atoms with van der Waals surface area (Å²) in [6.07, 6.45) is 0.950. The van der Waals surface area contributed by atoms with E-state index in [1.54, 1.807) is 12.1 Å². The Morgan fingerprint density at radius 2 is 1.81 bits per heavy atom. The van der Waals surface area contributed by atoms with Gasteiger partial charge in [-0.15, -0.1) is 12.4 Å². The van der Waals surface area contributed by atoms with Gasteiger partial charge in [-0.1, -0.05) is 41.9 Å². The Morgan fingerprint density at radius 3 is 2.48 bits per heavy atom. The van der Waals surface area contributed by atoms with E-state index < -0.39 is 0 Å². The molecule has 2 rings (SSSR count). The van der Waals surface area contributed by atoms with Crippen molar-refractivity contribution >= 4 is 29.9 Å². The topological polar surface area (TPSA) is 50.4 Å². The van der Waals surface area contributed by atoms with Crippen LogP contribution >= 0.6 is 24.0 Å². The van der Waals surface area contributed by atoms with E-state index in [9.17, 15) is 4.79 Å². The van der Waals surface area contributed by atoms with E-state index in [-0.39, 0.29) is 30.5 Å². The maximum absolute atomic E-state index is 11.9. The monoisotopic (exact) mass is 410 g/mol. The van der Waals surface area contributed by atoms with E-state index in [1.807, 2.05) is 45.0 Å². The maximum Gasteiger partial charge on any atom is 0.258 e. The van der Waals surface area contributed by atoms with Crippen LogP contribution in [0, 0.1) is 0 Å². The molecule has 0 atom stereocenters. The average molecular weight is 411 g/mol. The molecule has 2 aromatic rings. The first kappa shape index (κ1) is 23.3. The minimum Gasteiger partial charge on any atom is -0.483 e. The molecule has 0 heterocycles. The molecular formula is C21H28Cl2N2O2. The van der Waals surface area contributed by atoms with E-state index >= 15 is 0 Å². The molecule has 0 spiro atoms. The van der Waals surface area contributed by atoms with Crippen LogP contribution in [0.25, 0.3) is 0 Å². The average Bonchev–Trinajstić information content (AvgIpc) is 2.57. The lowest BCUT2D eigenvalue weighted by Crippen LogP contribution is -2.43. The Kier molecular flexibility index (Phi) is 9.64. The summed E-state index contributed by atoms with van der Waals surface area (Å²) in [5.41, 5.74) is 1.96. The standard InChI is InChI=1S/C21H27ClN2O2.ClH/c1-21(2,3)24-20(25)15-26-19-10-9-18(22)13-17(19)14-23-12-11-16-7-5-4-6-8-16;/h4-10,13,23H,11-12,14-15H2,1-3H3,(H,24,25);1H. The summed E-state index contributed by atoms with van der Waals surface area (Å²) < 4.78 is 5.70. The second-order valence-electron chi connectivity index (χ2n) is 7.25. The zero-order valence-corrected chi connectivity index (χ0v) is 17.6. The summed E-state index contributed by atoms with van der Waals surface area (Å²) in [7, 11) is 0. The van der Waals surface area contributed by atoms with Crippen molar-refractivity contribution in [2.75, 3.05) is 13.2 Å². The van der Waals surface area contributed by atoms with Crippen LogP contribution in [-0.4, -0.2) is 24.6 Å². The zero-order chi connectivity index (χ0) is 19.0. The molecule has 1 amide bonds. The SMILES string of the molecule is CC(C)(C)NC(=O)COc1ccc(Cl)cc1CNCCc1ccccc1.Cl. The maximum atomic E-state index is 11.9. The molecule has 0 aliphatic heterocycles. The summed E-state index contributed by atoms with van der Waals surface area (Å²) in [5, 5.41) is 6.94. The number of hydrogen-bond donors (Lipinski definition) is 2. The van der Waals surface area contributed by atoms with Gasteiger partial charge in [0, 0.05) is 22.7 Å². The van der Waals surface area contributed by atoms with Crippen LogP contribution in [0.5, 0.6) is 5.75 Å². The van der Waals surface area contributed by atoms with Gasteiger partial charge in [-0.3, -0.25) is 4.79 Å². The number of carbonyl (C=O) groups is 1. The van der Waals surface area contributed by atoms with Gasteiger partial charge in [0.05, 0.1) is 0 Å². The van der Waals surface area contributed by atoms with Gasteiger partial charge in [-0.25, -0.2) is 0 Å². The summed E-state index contributed by atoms with van der Waals surface area (Å²) in [6.45, 7) is 7.28. The van der Waals surface area contributed by atoms with Crippen LogP contribution in [0.2, 0.25) is 5.02 Å². The quantitative estimate of drug-likeness (QED) is 0.634. The van der Waals surface area contributed by atoms with E-state index in [4.69, 9.17) is 16.3 Å². The molecule has 0 saturated heterocycles. The number of hydrogen-bond acceptors (Lipinski definition) is 3. The molecule has 0 aliphatic rings. The van der Waals surface area contributed by atoms with Gasteiger partial charge in [0.25, 0.3) is 5.91 Å². The lowest BCUT2D eigenvalue weighted by atomic mass is 10.1. The molecule has 0 saturated carbocycles. The molecule has 0 bridgehead atoms. The highest BCUT2D eigenvalue weighted by molar-refractivity contribution is 6.30. The number of rotatable bonds is 8. The van der Waals surface area contributed by atoms with E-state index in [0.717, 1.165) is 18.5 Å². The van der Waals surface area contributed by atoms with Gasteiger partial charge in [-0.05, 0) is 57.5 Å². The molecule has 148 valence electrons. The molecule has 0 unspecified atom stereocenters. The highest BCUT2D eigenvalue weighted by atomic mass is 35.5. The Hall–Kier alpha value is -1.75. The molecule has 4 nitrogen and oxygen atoms in total. The van der Waals surface area contributed by atoms with Crippen molar-refractivity contribution in [3.05, 3.63) is 64.7 Å². The van der Waals surface area contributed by atoms with Crippen LogP contribution in [-0.2, 0) is 17.8 Å². The zero-order valence-electron chi connectivity index (χ0n) is 16.0. The van der Waals surface area contributed by atoms with Crippen LogP contribution in [0.1, 0.15) is 31.9 Å². The van der Waals surface area contributed by atoms with Gasteiger partial charge in [0.2, 0.25) is 0 Å². The van der Waals surface area contributed by atoms with Crippen molar-refractivity contribution in [3.8, 4) is 5.75 Å². The molecule has 0 fully saturated rings. The van der Waals surface area contributed by atoms with Crippen LogP contribution in [0.3, 0.4) is 0 Å². The first-order chi connectivity index (χ1) is 12.3. The van der Waals surface area contributed by atoms with Crippen molar-refractivity contribution < 1.29 is 9.53 Å². The summed E-state index contributed by atoms with van der Waals surface area (Å²) >= 11 is 6.11. The fourth-order valence-electron chi connectivity index (χ4n) is 2.53. The summed E-state index contributed by atoms with van der Waals surface area (Å²) in [5.74, 6) is 0.529. The fraction of sp³-hybridized carbons (Fsp3) is 0.381. The molecule has 2 aromatic carbocycles. The van der Waals surface area contributed by atoms with Crippen LogP contribution < -0.4 is 15.4 Å². The second kappa shape index (κ2) is 11.2. The molecule has 27 heavy (non-hydrogen) atoms. The van der Waals surface area contributed by atoms with Crippen molar-refractivity contribution in [2.24, 2.45) is 0 Å². The number of amides is 1. The summed E-state index contributed by atoms with van der Waals surface area (Å²) in [6, 6.07) is 15.8. The predicted molar refractivity (Wildman–Crippen MR) is 114 cm³/mol. The van der Waals surface area contributed by atoms with Crippen molar-refractivity contribution in [1.82, 2.24) is 10.6 Å². The third-order valence-corrected chi connectivity index (χ3v) is 3.88. The molecule has 2 N–H and O–H groups in total. The molecule has 6 heteroatoms. The summed E-state index contributed by atoms with van der Waals surface area (Å²) in [4.78, 5) is 11.9. The number of ether oxygens (including phenoxy) is 1. The lowest BCUT2D eigenvalue weighted by molar-refractivity contribution is -0.124. The highest BCUT2D eigenvalue weighted by Crippen LogP contribution is 2.23. The fourth-order valence-corrected chi connectivity index (χ4v) is 2.72. The van der Waals surface area contributed by atoms with Gasteiger partial charge in [-0.2, -0.15) is 0 Å². The van der Waals surface area contributed by atoms with Gasteiger partial charge >= 0.3 is 0 Å². The van der Waals surface area contributed by atoms with E-state index in [1.165, 1.54) is 5.56 Å². The van der Waals surface area contributed by atoms with Crippen molar-refractivity contribution in [1.29, 1.82) is 0 Å². The Balaban J connectivity index is 0.00000364. The minimum atomic E-state index is -0.276. The van der Waals surface area contributed by atoms with Crippen molar-refractivity contribution in [2.45, 2.75) is 39.3 Å². The normalized spacial score (nSPS) is 10.8. The Morgan fingerprint density at radius 1 is 1.11 bits per heavy atom. The first-order valence-electron chi connectivity index (χ1n) is 8.80. The number of nitrogens with one attached hydrogen (secondary N) is 2. The molecular weight excluding hydrogens is 383 g/mol. The Labute approximate surface area is 173 Å². The number of carbonyl (C=O) groups excluding carboxylic acids is 1. The first-order valence-corrected chi connectivity index (χ1v) is 9.18. The molecule has 0 radical (unpaired) electrons. The minimum absolute atomic E-state index is 0. The van der Waals surface area contributed by atoms with Crippen LogP contribution in [0.4, 0.5) is 0 Å². The smallest absolute Gasteiger partial charge is 0.258 e. The van der Waals surface area contributed by atoms with Crippen LogP contribution in [0.15, 0.2) is 48.5 Å². The lowest BCUT2D eigenvalue weighted by Gasteiger charge is -2.21. The van der Waals surface area contributed by atoms with Gasteiger partial charge < -0.3 is 15.4 Å². The third-order valence-electron chi connectivity index (χ3n) is 3.64. The highest BCUT2D eigenvalue weighted by Gasteiger charge is 2.14. The molecule has 0 aromatic heterocycles. The van der Waals surface area contributed by atoms with Gasteiger partial charge in [0.15, 0.2) is 6.61 Å². The molecule has 0 aliphatic carbocycles. The number of halogens is 2. The number of benzene rings is 2. The van der Waals surface area contributed by atoms with E-state index in [0.29, 0.717) is 17.3 Å². The van der Waals surface area contributed by atoms with Crippen molar-refractivity contribution in [3.63, 3.8) is 0 Å².